The molecule has 0 spiro atoms. The minimum atomic E-state index is -0.703. The molecule has 0 amide bonds. The van der Waals surface area contributed by atoms with Gasteiger partial charge in [-0.1, -0.05) is 29.8 Å². The summed E-state index contributed by atoms with van der Waals surface area (Å²) in [4.78, 5) is 12.0. The monoisotopic (exact) mass is 246 g/mol. The Hall–Kier alpha value is -2.03. The van der Waals surface area contributed by atoms with Crippen LogP contribution < -0.4 is 0 Å². The standard InChI is InChI=1S/C15H12F2O/c1-9-3-5-11(6-4-9)15(18)12-7-13(16)10(2)14(17)8-12/h3-8H,1-2H3. The Morgan fingerprint density at radius 3 is 1.89 bits per heavy atom. The third-order valence-corrected chi connectivity index (χ3v) is 2.86. The minimum absolute atomic E-state index is 0.0273. The van der Waals surface area contributed by atoms with Gasteiger partial charge in [0.1, 0.15) is 11.6 Å². The molecule has 0 N–H and O–H groups in total. The molecule has 0 unspecified atom stereocenters. The van der Waals surface area contributed by atoms with Gasteiger partial charge in [0.15, 0.2) is 5.78 Å². The summed E-state index contributed by atoms with van der Waals surface area (Å²) in [6.07, 6.45) is 0. The molecule has 0 fully saturated rings. The SMILES string of the molecule is Cc1ccc(C(=O)c2cc(F)c(C)c(F)c2)cc1. The summed E-state index contributed by atoms with van der Waals surface area (Å²) in [7, 11) is 0. The molecular formula is C15H12F2O. The van der Waals surface area contributed by atoms with Crippen LogP contribution in [-0.2, 0) is 0 Å². The van der Waals surface area contributed by atoms with E-state index in [1.54, 1.807) is 24.3 Å². The Morgan fingerprint density at radius 2 is 1.39 bits per heavy atom. The van der Waals surface area contributed by atoms with Crippen molar-refractivity contribution in [1.29, 1.82) is 0 Å². The Kier molecular flexibility index (Phi) is 3.24. The van der Waals surface area contributed by atoms with Crippen LogP contribution in [0.25, 0.3) is 0 Å². The molecule has 0 atom stereocenters. The van der Waals surface area contributed by atoms with Crippen molar-refractivity contribution in [3.05, 3.63) is 70.3 Å². The fourth-order valence-electron chi connectivity index (χ4n) is 1.65. The number of ketones is 1. The summed E-state index contributed by atoms with van der Waals surface area (Å²) in [5.74, 6) is -1.79. The summed E-state index contributed by atoms with van der Waals surface area (Å²) >= 11 is 0. The summed E-state index contributed by atoms with van der Waals surface area (Å²) < 4.78 is 26.8. The molecule has 1 nitrogen and oxygen atoms in total. The van der Waals surface area contributed by atoms with Crippen molar-refractivity contribution in [2.45, 2.75) is 13.8 Å². The summed E-state index contributed by atoms with van der Waals surface area (Å²) in [6, 6.07) is 9.00. The zero-order valence-corrected chi connectivity index (χ0v) is 10.1. The van der Waals surface area contributed by atoms with E-state index < -0.39 is 11.6 Å². The highest BCUT2D eigenvalue weighted by molar-refractivity contribution is 6.09. The molecule has 2 aromatic carbocycles. The number of hydrogen-bond acceptors (Lipinski definition) is 1. The topological polar surface area (TPSA) is 17.1 Å². The van der Waals surface area contributed by atoms with Crippen LogP contribution >= 0.6 is 0 Å². The van der Waals surface area contributed by atoms with Crippen molar-refractivity contribution in [3.63, 3.8) is 0 Å². The lowest BCUT2D eigenvalue weighted by atomic mass is 10.0. The molecular weight excluding hydrogens is 234 g/mol. The van der Waals surface area contributed by atoms with E-state index in [0.29, 0.717) is 5.56 Å². The third kappa shape index (κ3) is 2.30. The Morgan fingerprint density at radius 1 is 0.889 bits per heavy atom. The molecule has 0 aliphatic rings. The zero-order chi connectivity index (χ0) is 13.3. The molecule has 0 aliphatic heterocycles. The molecule has 3 heteroatoms. The van der Waals surface area contributed by atoms with E-state index in [1.807, 2.05) is 6.92 Å². The van der Waals surface area contributed by atoms with Crippen molar-refractivity contribution in [2.75, 3.05) is 0 Å². The number of hydrogen-bond donors (Lipinski definition) is 0. The van der Waals surface area contributed by atoms with Gasteiger partial charge in [-0.15, -0.1) is 0 Å². The largest absolute Gasteiger partial charge is 0.289 e. The van der Waals surface area contributed by atoms with E-state index in [4.69, 9.17) is 0 Å². The fourth-order valence-corrected chi connectivity index (χ4v) is 1.65. The number of carbonyl (C=O) groups excluding carboxylic acids is 1. The van der Waals surface area contributed by atoms with Crippen molar-refractivity contribution in [3.8, 4) is 0 Å². The first kappa shape index (κ1) is 12.4. The molecule has 2 rings (SSSR count). The lowest BCUT2D eigenvalue weighted by Crippen LogP contribution is -2.04. The van der Waals surface area contributed by atoms with Crippen molar-refractivity contribution >= 4 is 5.78 Å². The molecule has 0 saturated carbocycles. The number of halogens is 2. The Balaban J connectivity index is 2.43. The molecule has 92 valence electrons. The molecule has 0 heterocycles. The van der Waals surface area contributed by atoms with Gasteiger partial charge in [0.25, 0.3) is 0 Å². The highest BCUT2D eigenvalue weighted by atomic mass is 19.1. The zero-order valence-electron chi connectivity index (χ0n) is 10.1. The summed E-state index contributed by atoms with van der Waals surface area (Å²) in [5.41, 5.74) is 1.39. The average Bonchev–Trinajstić information content (AvgIpc) is 2.35. The van der Waals surface area contributed by atoms with Gasteiger partial charge in [0.2, 0.25) is 0 Å². The van der Waals surface area contributed by atoms with Gasteiger partial charge in [-0.05, 0) is 26.0 Å². The number of benzene rings is 2. The maximum absolute atomic E-state index is 13.4. The number of aryl methyl sites for hydroxylation is 1. The highest BCUT2D eigenvalue weighted by Gasteiger charge is 2.14. The highest BCUT2D eigenvalue weighted by Crippen LogP contribution is 2.17. The summed E-state index contributed by atoms with van der Waals surface area (Å²) in [6.45, 7) is 3.24. The van der Waals surface area contributed by atoms with Crippen molar-refractivity contribution in [2.24, 2.45) is 0 Å². The molecule has 0 saturated heterocycles. The molecule has 0 aromatic heterocycles. The van der Waals surface area contributed by atoms with Crippen LogP contribution in [-0.4, -0.2) is 5.78 Å². The molecule has 0 bridgehead atoms. The van der Waals surface area contributed by atoms with E-state index >= 15 is 0 Å². The van der Waals surface area contributed by atoms with E-state index in [0.717, 1.165) is 17.7 Å². The molecule has 0 radical (unpaired) electrons. The first-order valence-electron chi connectivity index (χ1n) is 5.56. The molecule has 0 aliphatic carbocycles. The second kappa shape index (κ2) is 4.69. The van der Waals surface area contributed by atoms with E-state index in [1.165, 1.54) is 6.92 Å². The van der Waals surface area contributed by atoms with Gasteiger partial charge in [-0.2, -0.15) is 0 Å². The van der Waals surface area contributed by atoms with Crippen LogP contribution in [0, 0.1) is 25.5 Å². The van der Waals surface area contributed by atoms with E-state index in [-0.39, 0.29) is 16.9 Å². The van der Waals surface area contributed by atoms with Crippen LogP contribution in [0.3, 0.4) is 0 Å². The lowest BCUT2D eigenvalue weighted by Gasteiger charge is -2.05. The fraction of sp³-hybridized carbons (Fsp3) is 0.133. The molecule has 2 aromatic rings. The van der Waals surface area contributed by atoms with E-state index in [9.17, 15) is 13.6 Å². The predicted octanol–water partition coefficient (Wildman–Crippen LogP) is 3.81. The van der Waals surface area contributed by atoms with Gasteiger partial charge >= 0.3 is 0 Å². The van der Waals surface area contributed by atoms with Gasteiger partial charge in [-0.25, -0.2) is 8.78 Å². The van der Waals surface area contributed by atoms with Gasteiger partial charge in [0.05, 0.1) is 0 Å². The maximum Gasteiger partial charge on any atom is 0.193 e. The van der Waals surface area contributed by atoms with Crippen LogP contribution in [0.15, 0.2) is 36.4 Å². The van der Waals surface area contributed by atoms with Gasteiger partial charge in [0, 0.05) is 16.7 Å². The first-order chi connectivity index (χ1) is 8.49. The molecule has 18 heavy (non-hydrogen) atoms. The van der Waals surface area contributed by atoms with Crippen LogP contribution in [0.4, 0.5) is 8.78 Å². The second-order valence-corrected chi connectivity index (χ2v) is 4.26. The number of carbonyl (C=O) groups is 1. The second-order valence-electron chi connectivity index (χ2n) is 4.26. The first-order valence-corrected chi connectivity index (χ1v) is 5.56. The van der Waals surface area contributed by atoms with Gasteiger partial charge in [-0.3, -0.25) is 4.79 Å². The number of rotatable bonds is 2. The smallest absolute Gasteiger partial charge is 0.193 e. The normalized spacial score (nSPS) is 10.4. The Labute approximate surface area is 104 Å². The van der Waals surface area contributed by atoms with Crippen LogP contribution in [0.5, 0.6) is 0 Å². The van der Waals surface area contributed by atoms with Crippen LogP contribution in [0.2, 0.25) is 0 Å². The van der Waals surface area contributed by atoms with Crippen molar-refractivity contribution in [1.82, 2.24) is 0 Å². The third-order valence-electron chi connectivity index (χ3n) is 2.86. The van der Waals surface area contributed by atoms with E-state index in [2.05, 4.69) is 0 Å². The minimum Gasteiger partial charge on any atom is -0.289 e. The van der Waals surface area contributed by atoms with Crippen LogP contribution in [0.1, 0.15) is 27.0 Å². The Bertz CT molecular complexity index is 577. The predicted molar refractivity (Wildman–Crippen MR) is 65.7 cm³/mol. The summed E-state index contributed by atoms with van der Waals surface area (Å²) in [5, 5.41) is 0. The average molecular weight is 246 g/mol. The van der Waals surface area contributed by atoms with Crippen molar-refractivity contribution < 1.29 is 13.6 Å². The quantitative estimate of drug-likeness (QED) is 0.736. The maximum atomic E-state index is 13.4. The lowest BCUT2D eigenvalue weighted by molar-refractivity contribution is 0.103. The van der Waals surface area contributed by atoms with Gasteiger partial charge < -0.3 is 0 Å².